The lowest BCUT2D eigenvalue weighted by Gasteiger charge is -2.10. The van der Waals surface area contributed by atoms with Gasteiger partial charge in [0.25, 0.3) is 6.47 Å². The fourth-order valence-corrected chi connectivity index (χ4v) is 1.05. The van der Waals surface area contributed by atoms with Gasteiger partial charge in [-0.2, -0.15) is 0 Å². The quantitative estimate of drug-likeness (QED) is 0.546. The van der Waals surface area contributed by atoms with E-state index in [2.05, 4.69) is 16.2 Å². The molecule has 0 bridgehead atoms. The van der Waals surface area contributed by atoms with Crippen LogP contribution in [0.5, 0.6) is 0 Å². The van der Waals surface area contributed by atoms with E-state index in [1.807, 2.05) is 0 Å². The molecule has 0 saturated heterocycles. The number of hydrogen-bond donors (Lipinski definition) is 2. The molecule has 0 aromatic carbocycles. The van der Waals surface area contributed by atoms with Crippen molar-refractivity contribution in [3.05, 3.63) is 23.7 Å². The summed E-state index contributed by atoms with van der Waals surface area (Å²) in [6.07, 6.45) is 8.73. The van der Waals surface area contributed by atoms with E-state index >= 15 is 0 Å². The topological polar surface area (TPSA) is 61.7 Å². The van der Waals surface area contributed by atoms with Gasteiger partial charge in [-0.15, -0.1) is 6.42 Å². The van der Waals surface area contributed by atoms with Crippen molar-refractivity contribution in [1.29, 1.82) is 0 Å². The Labute approximate surface area is 93.6 Å². The summed E-state index contributed by atoms with van der Waals surface area (Å²) in [7, 11) is 1.67. The molecule has 86 valence electrons. The maximum atomic E-state index is 13.0. The van der Waals surface area contributed by atoms with Crippen molar-refractivity contribution in [3.63, 3.8) is 0 Å². The molecule has 0 aromatic rings. The van der Waals surface area contributed by atoms with Gasteiger partial charge in [-0.05, 0) is 12.2 Å². The second-order valence-corrected chi connectivity index (χ2v) is 2.68. The summed E-state index contributed by atoms with van der Waals surface area (Å²) in [5.41, 5.74) is 1.27. The van der Waals surface area contributed by atoms with Gasteiger partial charge in [-0.25, -0.2) is 4.39 Å². The summed E-state index contributed by atoms with van der Waals surface area (Å²) >= 11 is 0. The zero-order valence-corrected chi connectivity index (χ0v) is 8.90. The third kappa shape index (κ3) is 4.96. The Morgan fingerprint density at radius 2 is 2.44 bits per heavy atom. The predicted octanol–water partition coefficient (Wildman–Crippen LogP) is 1.12. The van der Waals surface area contributed by atoms with E-state index in [-0.39, 0.29) is 12.3 Å². The second kappa shape index (κ2) is 8.24. The van der Waals surface area contributed by atoms with Crippen molar-refractivity contribution in [2.24, 2.45) is 4.99 Å². The number of likely N-dealkylation sites (N-methyl/N-ethyl adjacent to an activating group) is 1. The van der Waals surface area contributed by atoms with Crippen molar-refractivity contribution in [3.8, 4) is 12.3 Å². The van der Waals surface area contributed by atoms with Crippen LogP contribution in [0.25, 0.3) is 0 Å². The van der Waals surface area contributed by atoms with E-state index < -0.39 is 0 Å². The van der Waals surface area contributed by atoms with Crippen molar-refractivity contribution in [2.45, 2.75) is 6.42 Å². The Balaban J connectivity index is 0.000000673. The number of carboxylic acid groups (broad SMARTS) is 1. The lowest BCUT2D eigenvalue weighted by atomic mass is 10.1. The number of terminal acetylenes is 1. The molecule has 1 rings (SSSR count). The van der Waals surface area contributed by atoms with E-state index in [0.29, 0.717) is 18.7 Å². The summed E-state index contributed by atoms with van der Waals surface area (Å²) in [6, 6.07) is 0. The van der Waals surface area contributed by atoms with E-state index in [9.17, 15) is 4.39 Å². The van der Waals surface area contributed by atoms with Crippen LogP contribution < -0.4 is 5.32 Å². The average molecular weight is 224 g/mol. The molecule has 0 heterocycles. The predicted molar refractivity (Wildman–Crippen MR) is 60.8 cm³/mol. The molecule has 5 heteroatoms. The molecule has 1 aliphatic carbocycles. The first kappa shape index (κ1) is 13.9. The number of halogens is 1. The molecule has 0 saturated carbocycles. The smallest absolute Gasteiger partial charge is 0.290 e. The van der Waals surface area contributed by atoms with Crippen LogP contribution in [0.4, 0.5) is 4.39 Å². The SMILES string of the molecule is C#CCN=C1C=C(NC)C(F)=CC1.O=CO. The zero-order valence-electron chi connectivity index (χ0n) is 8.90. The van der Waals surface area contributed by atoms with Crippen LogP contribution in [0.2, 0.25) is 0 Å². The number of rotatable bonds is 2. The lowest BCUT2D eigenvalue weighted by molar-refractivity contribution is -0.122. The first-order valence-corrected chi connectivity index (χ1v) is 4.49. The average Bonchev–Trinajstić information content (AvgIpc) is 2.29. The highest BCUT2D eigenvalue weighted by atomic mass is 19.1. The van der Waals surface area contributed by atoms with Crippen LogP contribution in [0.15, 0.2) is 28.7 Å². The van der Waals surface area contributed by atoms with Gasteiger partial charge in [0, 0.05) is 19.2 Å². The molecule has 0 amide bonds. The van der Waals surface area contributed by atoms with E-state index in [0.717, 1.165) is 5.71 Å². The van der Waals surface area contributed by atoms with Gasteiger partial charge in [0.05, 0.1) is 12.2 Å². The highest BCUT2D eigenvalue weighted by Crippen LogP contribution is 2.15. The van der Waals surface area contributed by atoms with Crippen LogP contribution in [0.1, 0.15) is 6.42 Å². The standard InChI is InChI=1S/C10H11FN2.CH2O2/c1-3-6-13-8-4-5-9(11)10(7-8)12-2;2-1-3/h1,5,7,12H,4,6H2,2H3;1H,(H,2,3). The van der Waals surface area contributed by atoms with Crippen LogP contribution in [-0.4, -0.2) is 30.9 Å². The molecule has 0 spiro atoms. The fraction of sp³-hybridized carbons (Fsp3) is 0.273. The monoisotopic (exact) mass is 224 g/mol. The summed E-state index contributed by atoms with van der Waals surface area (Å²) in [5, 5.41) is 9.63. The number of nitrogens with zero attached hydrogens (tertiary/aromatic N) is 1. The number of carbonyl (C=O) groups is 1. The largest absolute Gasteiger partial charge is 0.483 e. The molecule has 0 unspecified atom stereocenters. The maximum Gasteiger partial charge on any atom is 0.290 e. The molecule has 0 fully saturated rings. The van der Waals surface area contributed by atoms with Crippen molar-refractivity contribution in [2.75, 3.05) is 13.6 Å². The first-order valence-electron chi connectivity index (χ1n) is 4.49. The molecule has 16 heavy (non-hydrogen) atoms. The zero-order chi connectivity index (χ0) is 12.4. The molecular weight excluding hydrogens is 211 g/mol. The summed E-state index contributed by atoms with van der Waals surface area (Å²) in [5.74, 6) is 2.17. The van der Waals surface area contributed by atoms with Gasteiger partial charge in [0.1, 0.15) is 5.83 Å². The molecule has 4 nitrogen and oxygen atoms in total. The Bertz CT molecular complexity index is 365. The van der Waals surface area contributed by atoms with Gasteiger partial charge in [-0.1, -0.05) is 5.92 Å². The molecule has 0 atom stereocenters. The highest BCUT2D eigenvalue weighted by molar-refractivity contribution is 5.98. The van der Waals surface area contributed by atoms with Gasteiger partial charge in [-0.3, -0.25) is 9.79 Å². The minimum atomic E-state index is -0.250. The minimum absolute atomic E-state index is 0.234. The molecule has 1 aliphatic rings. The number of aliphatic imine (C=N–C) groups is 1. The van der Waals surface area contributed by atoms with Crippen LogP contribution in [0, 0.1) is 12.3 Å². The highest BCUT2D eigenvalue weighted by Gasteiger charge is 2.09. The molecule has 0 radical (unpaired) electrons. The van der Waals surface area contributed by atoms with Gasteiger partial charge in [0.2, 0.25) is 0 Å². The van der Waals surface area contributed by atoms with Crippen molar-refractivity contribution in [1.82, 2.24) is 5.32 Å². The minimum Gasteiger partial charge on any atom is -0.483 e. The fourth-order valence-electron chi connectivity index (χ4n) is 1.05. The normalized spacial score (nSPS) is 16.2. The van der Waals surface area contributed by atoms with Crippen molar-refractivity contribution < 1.29 is 14.3 Å². The van der Waals surface area contributed by atoms with Gasteiger partial charge >= 0.3 is 0 Å². The Kier molecular flexibility index (Phi) is 7.16. The second-order valence-electron chi connectivity index (χ2n) is 2.68. The number of hydrogen-bond acceptors (Lipinski definition) is 3. The van der Waals surface area contributed by atoms with Crippen LogP contribution in [-0.2, 0) is 4.79 Å². The van der Waals surface area contributed by atoms with Crippen LogP contribution in [0.3, 0.4) is 0 Å². The van der Waals surface area contributed by atoms with E-state index in [1.165, 1.54) is 6.08 Å². The summed E-state index contributed by atoms with van der Waals surface area (Å²) in [4.78, 5) is 12.4. The maximum absolute atomic E-state index is 13.0. The van der Waals surface area contributed by atoms with Crippen LogP contribution >= 0.6 is 0 Å². The first-order chi connectivity index (χ1) is 7.69. The van der Waals surface area contributed by atoms with Gasteiger partial charge in [0.15, 0.2) is 0 Å². The third-order valence-electron chi connectivity index (χ3n) is 1.70. The lowest BCUT2D eigenvalue weighted by Crippen LogP contribution is -2.12. The third-order valence-corrected chi connectivity index (χ3v) is 1.70. The summed E-state index contributed by atoms with van der Waals surface area (Å²) < 4.78 is 13.0. The Morgan fingerprint density at radius 1 is 1.81 bits per heavy atom. The molecular formula is C11H13FN2O2. The number of nitrogens with one attached hydrogen (secondary N) is 1. The molecule has 0 aliphatic heterocycles. The van der Waals surface area contributed by atoms with Crippen molar-refractivity contribution >= 4 is 12.2 Å². The number of allylic oxidation sites excluding steroid dienone is 3. The van der Waals surface area contributed by atoms with E-state index in [4.69, 9.17) is 16.3 Å². The Morgan fingerprint density at radius 3 is 2.94 bits per heavy atom. The molecule has 0 aromatic heterocycles. The molecule has 2 N–H and O–H groups in total. The Hall–Kier alpha value is -2.09. The van der Waals surface area contributed by atoms with Gasteiger partial charge < -0.3 is 10.4 Å². The van der Waals surface area contributed by atoms with E-state index in [1.54, 1.807) is 13.1 Å². The summed E-state index contributed by atoms with van der Waals surface area (Å²) in [6.45, 7) is 0.0955.